The summed E-state index contributed by atoms with van der Waals surface area (Å²) in [5, 5.41) is 2.56. The molecule has 7 aromatic carbocycles. The van der Waals surface area contributed by atoms with Gasteiger partial charge < -0.3 is 9.47 Å². The lowest BCUT2D eigenvalue weighted by Crippen LogP contribution is -2.30. The molecule has 0 spiro atoms. The van der Waals surface area contributed by atoms with Gasteiger partial charge in [-0.05, 0) is 112 Å². The van der Waals surface area contributed by atoms with Crippen LogP contribution in [0, 0.1) is 5.92 Å². The van der Waals surface area contributed by atoms with Crippen LogP contribution in [0.1, 0.15) is 29.0 Å². The zero-order valence-electron chi connectivity index (χ0n) is 31.7. The van der Waals surface area contributed by atoms with E-state index in [1.54, 1.807) is 0 Å². The summed E-state index contributed by atoms with van der Waals surface area (Å²) in [4.78, 5) is 2.51. The van der Waals surface area contributed by atoms with Crippen LogP contribution in [-0.4, -0.2) is 10.6 Å². The SMILES string of the molecule is C1=CC2Cc3c(-c4ccc(N(c5ccc(-c6ccccc6)cc5)C5C=CC(c6cccc(-n7c8ccccc8c8ccccc87)c6)=CC5)cc4)cccc3C2C=C1. The van der Waals surface area contributed by atoms with Crippen LogP contribution in [0.25, 0.3) is 55.3 Å². The predicted octanol–water partition coefficient (Wildman–Crippen LogP) is 14.0. The van der Waals surface area contributed by atoms with Crippen molar-refractivity contribution in [3.63, 3.8) is 0 Å². The fourth-order valence-electron chi connectivity index (χ4n) is 9.65. The zero-order valence-corrected chi connectivity index (χ0v) is 31.7. The first-order chi connectivity index (χ1) is 28.3. The predicted molar refractivity (Wildman–Crippen MR) is 240 cm³/mol. The summed E-state index contributed by atoms with van der Waals surface area (Å²) in [5.74, 6) is 1.05. The van der Waals surface area contributed by atoms with Crippen LogP contribution in [0.2, 0.25) is 0 Å². The topological polar surface area (TPSA) is 8.17 Å². The third-order valence-corrected chi connectivity index (χ3v) is 12.4. The van der Waals surface area contributed by atoms with E-state index in [2.05, 4.69) is 222 Å². The molecule has 0 saturated carbocycles. The van der Waals surface area contributed by atoms with Crippen LogP contribution in [0.3, 0.4) is 0 Å². The molecule has 0 saturated heterocycles. The summed E-state index contributed by atoms with van der Waals surface area (Å²) in [6, 6.07) is 62.6. The summed E-state index contributed by atoms with van der Waals surface area (Å²) < 4.78 is 2.40. The molecule has 3 unspecified atom stereocenters. The van der Waals surface area contributed by atoms with Gasteiger partial charge in [-0.15, -0.1) is 0 Å². The molecule has 11 rings (SSSR count). The maximum atomic E-state index is 2.51. The van der Waals surface area contributed by atoms with E-state index in [9.17, 15) is 0 Å². The second kappa shape index (κ2) is 14.0. The smallest absolute Gasteiger partial charge is 0.0560 e. The largest absolute Gasteiger partial charge is 0.334 e. The number of benzene rings is 7. The van der Waals surface area contributed by atoms with E-state index >= 15 is 0 Å². The van der Waals surface area contributed by atoms with Crippen LogP contribution in [0.5, 0.6) is 0 Å². The van der Waals surface area contributed by atoms with E-state index in [0.717, 1.165) is 12.8 Å². The number of hydrogen-bond acceptors (Lipinski definition) is 1. The first-order valence-corrected chi connectivity index (χ1v) is 20.3. The minimum atomic E-state index is 0.158. The van der Waals surface area contributed by atoms with Gasteiger partial charge in [0.15, 0.2) is 0 Å². The number of para-hydroxylation sites is 2. The molecule has 272 valence electrons. The third-order valence-electron chi connectivity index (χ3n) is 12.4. The lowest BCUT2D eigenvalue weighted by Gasteiger charge is -2.33. The monoisotopic (exact) mass is 730 g/mol. The zero-order chi connectivity index (χ0) is 37.7. The normalized spacial score (nSPS) is 18.1. The van der Waals surface area contributed by atoms with Crippen molar-refractivity contribution in [3.8, 4) is 27.9 Å². The number of nitrogens with zero attached hydrogens (tertiary/aromatic N) is 2. The number of hydrogen-bond donors (Lipinski definition) is 0. The number of fused-ring (bicyclic) bond motifs is 6. The average molecular weight is 731 g/mol. The molecule has 57 heavy (non-hydrogen) atoms. The van der Waals surface area contributed by atoms with Crippen molar-refractivity contribution in [1.29, 1.82) is 0 Å². The van der Waals surface area contributed by atoms with E-state index < -0.39 is 0 Å². The quantitative estimate of drug-likeness (QED) is 0.158. The molecule has 0 amide bonds. The Kier molecular flexibility index (Phi) is 8.21. The van der Waals surface area contributed by atoms with Crippen molar-refractivity contribution in [2.75, 3.05) is 4.90 Å². The Morgan fingerprint density at radius 3 is 1.86 bits per heavy atom. The van der Waals surface area contributed by atoms with Crippen molar-refractivity contribution < 1.29 is 0 Å². The second-order valence-electron chi connectivity index (χ2n) is 15.6. The first-order valence-electron chi connectivity index (χ1n) is 20.3. The Labute approximate surface area is 334 Å². The third kappa shape index (κ3) is 5.88. The highest BCUT2D eigenvalue weighted by atomic mass is 15.2. The Morgan fingerprint density at radius 1 is 0.509 bits per heavy atom. The summed E-state index contributed by atoms with van der Waals surface area (Å²) in [5.41, 5.74) is 16.6. The minimum absolute atomic E-state index is 0.158. The fourth-order valence-corrected chi connectivity index (χ4v) is 9.65. The molecular weight excluding hydrogens is 689 g/mol. The van der Waals surface area contributed by atoms with Gasteiger partial charge in [0.1, 0.15) is 0 Å². The van der Waals surface area contributed by atoms with Crippen LogP contribution < -0.4 is 4.90 Å². The Bertz CT molecular complexity index is 2850. The second-order valence-corrected chi connectivity index (χ2v) is 15.6. The minimum Gasteiger partial charge on any atom is -0.334 e. The van der Waals surface area contributed by atoms with Gasteiger partial charge in [-0.25, -0.2) is 0 Å². The number of aromatic nitrogens is 1. The van der Waals surface area contributed by atoms with Gasteiger partial charge in [0.05, 0.1) is 17.1 Å². The molecule has 2 nitrogen and oxygen atoms in total. The van der Waals surface area contributed by atoms with Gasteiger partial charge in [0.25, 0.3) is 0 Å². The molecule has 2 heteroatoms. The fraction of sp³-hybridized carbons (Fsp3) is 0.0909. The lowest BCUT2D eigenvalue weighted by molar-refractivity contribution is 0.630. The maximum Gasteiger partial charge on any atom is 0.0560 e. The van der Waals surface area contributed by atoms with Gasteiger partial charge >= 0.3 is 0 Å². The molecule has 0 N–H and O–H groups in total. The van der Waals surface area contributed by atoms with E-state index in [0.29, 0.717) is 11.8 Å². The average Bonchev–Trinajstić information content (AvgIpc) is 3.84. The number of anilines is 2. The van der Waals surface area contributed by atoms with Crippen molar-refractivity contribution >= 4 is 38.8 Å². The number of allylic oxidation sites excluding steroid dienone is 6. The Morgan fingerprint density at radius 2 is 1.14 bits per heavy atom. The maximum absolute atomic E-state index is 2.51. The highest BCUT2D eigenvalue weighted by molar-refractivity contribution is 6.09. The molecule has 1 heterocycles. The first kappa shape index (κ1) is 33.4. The molecule has 0 fully saturated rings. The highest BCUT2D eigenvalue weighted by Gasteiger charge is 2.32. The van der Waals surface area contributed by atoms with Crippen molar-refractivity contribution in [2.24, 2.45) is 5.92 Å². The van der Waals surface area contributed by atoms with E-state index in [-0.39, 0.29) is 6.04 Å². The molecule has 0 aliphatic heterocycles. The standard InChI is InChI=1S/C55H42N2/c1-2-12-38(13-3-1)39-24-30-44(31-25-39)56(46-34-28-41(29-35-46)48-20-11-21-50-49-17-5-4-14-43(49)37-53(48)50)45-32-26-40(27-33-45)42-15-10-16-47(36-42)57-54-22-8-6-18-51(54)52-19-7-9-23-55(52)57/h1-32,34-36,43,45,49H,33,37H2. The molecular formula is C55H42N2. The van der Waals surface area contributed by atoms with Gasteiger partial charge in [0, 0.05) is 33.8 Å². The Balaban J connectivity index is 0.924. The van der Waals surface area contributed by atoms with E-state index in [4.69, 9.17) is 0 Å². The molecule has 3 aliphatic rings. The van der Waals surface area contributed by atoms with Crippen LogP contribution in [0.15, 0.2) is 212 Å². The molecule has 0 radical (unpaired) electrons. The molecule has 0 bridgehead atoms. The van der Waals surface area contributed by atoms with Gasteiger partial charge in [-0.3, -0.25) is 0 Å². The van der Waals surface area contributed by atoms with Crippen LogP contribution >= 0.6 is 0 Å². The van der Waals surface area contributed by atoms with Crippen LogP contribution in [0.4, 0.5) is 11.4 Å². The van der Waals surface area contributed by atoms with Crippen molar-refractivity contribution in [1.82, 2.24) is 4.57 Å². The molecule has 8 aromatic rings. The van der Waals surface area contributed by atoms with Crippen molar-refractivity contribution in [3.05, 3.63) is 229 Å². The Hall–Kier alpha value is -6.90. The summed E-state index contributed by atoms with van der Waals surface area (Å²) in [6.07, 6.45) is 18.3. The highest BCUT2D eigenvalue weighted by Crippen LogP contribution is 2.45. The summed E-state index contributed by atoms with van der Waals surface area (Å²) in [6.45, 7) is 0. The van der Waals surface area contributed by atoms with Gasteiger partial charge in [-0.1, -0.05) is 164 Å². The molecule has 3 aliphatic carbocycles. The van der Waals surface area contributed by atoms with E-state index in [1.165, 1.54) is 83.4 Å². The van der Waals surface area contributed by atoms with Crippen LogP contribution in [-0.2, 0) is 6.42 Å². The van der Waals surface area contributed by atoms with Gasteiger partial charge in [-0.2, -0.15) is 0 Å². The van der Waals surface area contributed by atoms with Gasteiger partial charge in [0.2, 0.25) is 0 Å². The molecule has 3 atom stereocenters. The number of rotatable bonds is 7. The molecule has 1 aromatic heterocycles. The summed E-state index contributed by atoms with van der Waals surface area (Å²) >= 11 is 0. The van der Waals surface area contributed by atoms with Crippen molar-refractivity contribution in [2.45, 2.75) is 24.8 Å². The summed E-state index contributed by atoms with van der Waals surface area (Å²) in [7, 11) is 0. The van der Waals surface area contributed by atoms with E-state index in [1.807, 2.05) is 0 Å². The lowest BCUT2D eigenvalue weighted by atomic mass is 9.89.